The molecular formula is C15H13N2O3+. The number of nitrogens with one attached hydrogen (secondary N) is 1. The number of hydrogen-bond donors (Lipinski definition) is 1. The van der Waals surface area contributed by atoms with Crippen LogP contribution in [0.1, 0.15) is 0 Å². The van der Waals surface area contributed by atoms with Gasteiger partial charge >= 0.3 is 6.03 Å². The van der Waals surface area contributed by atoms with E-state index in [1.807, 2.05) is 36.4 Å². The molecule has 100 valence electrons. The second kappa shape index (κ2) is 3.58. The number of nitrogens with zero attached hydrogens (tertiary/aromatic N) is 1. The van der Waals surface area contributed by atoms with Gasteiger partial charge in [-0.25, -0.2) is 10.1 Å². The third-order valence-electron chi connectivity index (χ3n) is 4.27. The van der Waals surface area contributed by atoms with Crippen LogP contribution in [0.5, 0.6) is 5.75 Å². The summed E-state index contributed by atoms with van der Waals surface area (Å²) >= 11 is 0. The van der Waals surface area contributed by atoms with Gasteiger partial charge in [0.05, 0.1) is 7.11 Å². The van der Waals surface area contributed by atoms with E-state index in [1.54, 1.807) is 7.11 Å². The van der Waals surface area contributed by atoms with Crippen LogP contribution < -0.4 is 14.5 Å². The Kier molecular flexibility index (Phi) is 2.04. The van der Waals surface area contributed by atoms with Gasteiger partial charge in [-0.1, -0.05) is 18.2 Å². The van der Waals surface area contributed by atoms with Crippen LogP contribution in [0.3, 0.4) is 0 Å². The molecule has 2 saturated heterocycles. The van der Waals surface area contributed by atoms with Gasteiger partial charge in [-0.15, -0.1) is 0 Å². The minimum Gasteiger partial charge on any atom is -0.496 e. The second-order valence-electron chi connectivity index (χ2n) is 5.19. The Labute approximate surface area is 115 Å². The average molecular weight is 269 g/mol. The average Bonchev–Trinajstić information content (AvgIpc) is 3.17. The molecule has 2 aromatic rings. The molecule has 2 aliphatic heterocycles. The zero-order valence-electron chi connectivity index (χ0n) is 10.9. The number of carbonyl (C=O) groups excluding carboxylic acids is 2. The van der Waals surface area contributed by atoms with Crippen molar-refractivity contribution in [2.45, 2.75) is 6.04 Å². The van der Waals surface area contributed by atoms with E-state index in [1.165, 1.54) is 0 Å². The number of methoxy groups -OCH3 is 1. The molecule has 0 aliphatic carbocycles. The molecule has 2 aromatic carbocycles. The Morgan fingerprint density at radius 1 is 1.15 bits per heavy atom. The van der Waals surface area contributed by atoms with Crippen molar-refractivity contribution >= 4 is 28.4 Å². The molecule has 5 heteroatoms. The van der Waals surface area contributed by atoms with Crippen LogP contribution in [-0.4, -0.2) is 31.6 Å². The molecule has 20 heavy (non-hydrogen) atoms. The lowest BCUT2D eigenvalue weighted by Crippen LogP contribution is -2.37. The lowest BCUT2D eigenvalue weighted by Gasteiger charge is -2.15. The number of carbonyl (C=O) groups is 2. The number of amides is 3. The molecule has 1 N–H and O–H groups in total. The Morgan fingerprint density at radius 3 is 2.50 bits per heavy atom. The topological polar surface area (TPSA) is 55.4 Å². The number of fused-ring (bicyclic) bond motifs is 2. The summed E-state index contributed by atoms with van der Waals surface area (Å²) in [5, 5.41) is 4.33. The first kappa shape index (κ1) is 11.4. The minimum atomic E-state index is -0.265. The molecule has 0 radical (unpaired) electrons. The molecule has 0 bridgehead atoms. The molecule has 2 fully saturated rings. The normalized spacial score (nSPS) is 27.4. The summed E-state index contributed by atoms with van der Waals surface area (Å²) in [7, 11) is 1.63. The van der Waals surface area contributed by atoms with Gasteiger partial charge in [-0.05, 0) is 12.1 Å². The summed E-state index contributed by atoms with van der Waals surface area (Å²) in [6.45, 7) is 0.557. The third-order valence-corrected chi connectivity index (χ3v) is 4.27. The van der Waals surface area contributed by atoms with Gasteiger partial charge in [-0.3, -0.25) is 4.79 Å². The number of quaternary nitrogens is 1. The lowest BCUT2D eigenvalue weighted by atomic mass is 10.1. The number of ether oxygens (including phenoxy) is 1. The molecule has 2 heterocycles. The van der Waals surface area contributed by atoms with Crippen LogP contribution in [0.4, 0.5) is 10.5 Å². The molecule has 2 unspecified atom stereocenters. The highest BCUT2D eigenvalue weighted by molar-refractivity contribution is 6.18. The van der Waals surface area contributed by atoms with E-state index in [0.717, 1.165) is 22.2 Å². The first-order valence-corrected chi connectivity index (χ1v) is 6.48. The Hall–Kier alpha value is -2.40. The molecule has 2 aliphatic rings. The van der Waals surface area contributed by atoms with E-state index >= 15 is 0 Å². The molecule has 0 aromatic heterocycles. The maximum Gasteiger partial charge on any atom is 0.429 e. The number of rotatable bonds is 2. The van der Waals surface area contributed by atoms with E-state index < -0.39 is 0 Å². The van der Waals surface area contributed by atoms with E-state index in [-0.39, 0.29) is 22.5 Å². The maximum absolute atomic E-state index is 12.2. The fourth-order valence-electron chi connectivity index (χ4n) is 3.18. The van der Waals surface area contributed by atoms with Crippen LogP contribution in [0.2, 0.25) is 0 Å². The Balaban J connectivity index is 1.99. The predicted molar refractivity (Wildman–Crippen MR) is 74.5 cm³/mol. The van der Waals surface area contributed by atoms with Gasteiger partial charge in [0.15, 0.2) is 12.2 Å². The number of imide groups is 1. The van der Waals surface area contributed by atoms with Crippen molar-refractivity contribution in [3.05, 3.63) is 36.4 Å². The fraction of sp³-hybridized carbons (Fsp3) is 0.200. The summed E-state index contributed by atoms with van der Waals surface area (Å²) in [5.41, 5.74) is 0.870. The first-order valence-electron chi connectivity index (χ1n) is 6.48. The van der Waals surface area contributed by atoms with Crippen molar-refractivity contribution in [2.75, 3.05) is 13.7 Å². The molecule has 3 amide bonds. The van der Waals surface area contributed by atoms with Crippen molar-refractivity contribution in [2.24, 2.45) is 0 Å². The zero-order valence-corrected chi connectivity index (χ0v) is 10.9. The number of benzene rings is 2. The van der Waals surface area contributed by atoms with Gasteiger partial charge in [0.25, 0.3) is 5.91 Å². The van der Waals surface area contributed by atoms with Crippen molar-refractivity contribution in [3.8, 4) is 5.75 Å². The van der Waals surface area contributed by atoms with E-state index in [9.17, 15) is 9.59 Å². The monoisotopic (exact) mass is 269 g/mol. The number of urea groups is 1. The highest BCUT2D eigenvalue weighted by Crippen LogP contribution is 2.47. The van der Waals surface area contributed by atoms with Gasteiger partial charge in [0.1, 0.15) is 5.75 Å². The quantitative estimate of drug-likeness (QED) is 0.514. The van der Waals surface area contributed by atoms with E-state index in [4.69, 9.17) is 4.74 Å². The van der Waals surface area contributed by atoms with Crippen molar-refractivity contribution < 1.29 is 14.3 Å². The van der Waals surface area contributed by atoms with E-state index in [0.29, 0.717) is 6.54 Å². The Bertz CT molecular complexity index is 771. The minimum absolute atomic E-state index is 0.101. The van der Waals surface area contributed by atoms with Crippen molar-refractivity contribution in [1.29, 1.82) is 0 Å². The molecule has 5 nitrogen and oxygen atoms in total. The summed E-state index contributed by atoms with van der Waals surface area (Å²) < 4.78 is 5.47. The Morgan fingerprint density at radius 2 is 1.90 bits per heavy atom. The highest BCUT2D eigenvalue weighted by atomic mass is 16.5. The SMILES string of the molecule is COc1ccc([N+]23CC2C(=O)NC3=O)c2ccccc12. The first-order chi connectivity index (χ1) is 9.68. The maximum atomic E-state index is 12.2. The van der Waals surface area contributed by atoms with Gasteiger partial charge in [-0.2, -0.15) is 4.48 Å². The van der Waals surface area contributed by atoms with Crippen LogP contribution in [-0.2, 0) is 4.79 Å². The van der Waals surface area contributed by atoms with Crippen molar-refractivity contribution in [1.82, 2.24) is 9.80 Å². The molecule has 0 saturated carbocycles. The fourth-order valence-corrected chi connectivity index (χ4v) is 3.18. The van der Waals surface area contributed by atoms with E-state index in [2.05, 4.69) is 5.32 Å². The van der Waals surface area contributed by atoms with Crippen LogP contribution >= 0.6 is 0 Å². The third kappa shape index (κ3) is 1.20. The lowest BCUT2D eigenvalue weighted by molar-refractivity contribution is -0.118. The molecule has 0 spiro atoms. The van der Waals surface area contributed by atoms with Gasteiger partial charge in [0, 0.05) is 16.8 Å². The summed E-state index contributed by atoms with van der Waals surface area (Å²) in [6, 6.07) is 11.0. The smallest absolute Gasteiger partial charge is 0.429 e. The standard InChI is InChI=1S/C15H12N2O3/c1-20-13-7-6-11(9-4-2-3-5-10(9)13)17-8-12(17)14(18)16-15(17)19/h2-7,12H,8H2,1H3/p+1. The van der Waals surface area contributed by atoms with Crippen LogP contribution in [0, 0.1) is 0 Å². The summed E-state index contributed by atoms with van der Waals surface area (Å²) in [6.07, 6.45) is 0. The molecule has 4 rings (SSSR count). The predicted octanol–water partition coefficient (Wildman–Crippen LogP) is 1.79. The molecular weight excluding hydrogens is 256 g/mol. The van der Waals surface area contributed by atoms with Crippen LogP contribution in [0.25, 0.3) is 10.8 Å². The number of hydrogen-bond acceptors (Lipinski definition) is 3. The van der Waals surface area contributed by atoms with Gasteiger partial charge < -0.3 is 4.74 Å². The summed E-state index contributed by atoms with van der Waals surface area (Å²) in [4.78, 5) is 23.8. The summed E-state index contributed by atoms with van der Waals surface area (Å²) in [5.74, 6) is 0.599. The largest absolute Gasteiger partial charge is 0.496 e. The highest BCUT2D eigenvalue weighted by Gasteiger charge is 2.73. The van der Waals surface area contributed by atoms with Gasteiger partial charge in [0.2, 0.25) is 6.04 Å². The second-order valence-corrected chi connectivity index (χ2v) is 5.19. The van der Waals surface area contributed by atoms with Crippen LogP contribution in [0.15, 0.2) is 36.4 Å². The molecule has 2 atom stereocenters. The zero-order chi connectivity index (χ0) is 13.9. The van der Waals surface area contributed by atoms with Crippen molar-refractivity contribution in [3.63, 3.8) is 0 Å².